The molecule has 1 aromatic carbocycles. The van der Waals surface area contributed by atoms with E-state index in [0.29, 0.717) is 41.9 Å². The smallest absolute Gasteiger partial charge is 0.434 e. The van der Waals surface area contributed by atoms with Crippen molar-refractivity contribution in [3.8, 4) is 0 Å². The van der Waals surface area contributed by atoms with E-state index in [1.54, 1.807) is 4.90 Å². The number of halogens is 3. The van der Waals surface area contributed by atoms with Crippen molar-refractivity contribution in [1.29, 1.82) is 0 Å². The highest BCUT2D eigenvalue weighted by atomic mass is 19.4. The number of rotatable bonds is 4. The van der Waals surface area contributed by atoms with Crippen LogP contribution in [0.4, 0.5) is 23.8 Å². The highest BCUT2D eigenvalue weighted by Gasteiger charge is 2.54. The van der Waals surface area contributed by atoms with E-state index < -0.39 is 11.9 Å². The molecular weight excluding hydrogens is 513 g/mol. The first-order valence-corrected chi connectivity index (χ1v) is 13.0. The van der Waals surface area contributed by atoms with Crippen molar-refractivity contribution in [3.63, 3.8) is 0 Å². The zero-order chi connectivity index (χ0) is 29.1. The zero-order valence-electron chi connectivity index (χ0n) is 22.4. The molecule has 2 aliphatic heterocycles. The maximum absolute atomic E-state index is 13.1. The largest absolute Gasteiger partial charge is 0.446 e. The molecule has 2 saturated heterocycles. The van der Waals surface area contributed by atoms with Gasteiger partial charge in [-0.05, 0) is 32.3 Å². The van der Waals surface area contributed by atoms with Crippen molar-refractivity contribution >= 4 is 78.5 Å². The van der Waals surface area contributed by atoms with Gasteiger partial charge in [0.1, 0.15) is 51.2 Å². The van der Waals surface area contributed by atoms with Crippen LogP contribution in [0.15, 0.2) is 12.4 Å². The van der Waals surface area contributed by atoms with Gasteiger partial charge >= 0.3 is 12.3 Å². The lowest BCUT2D eigenvalue weighted by Crippen LogP contribution is -2.66. The second kappa shape index (κ2) is 10.4. The first-order valence-electron chi connectivity index (χ1n) is 13.0. The van der Waals surface area contributed by atoms with Crippen LogP contribution in [-0.4, -0.2) is 109 Å². The summed E-state index contributed by atoms with van der Waals surface area (Å²) in [6.45, 7) is 6.67. The van der Waals surface area contributed by atoms with Crippen LogP contribution >= 0.6 is 0 Å². The summed E-state index contributed by atoms with van der Waals surface area (Å²) in [5, 5.41) is 0. The van der Waals surface area contributed by atoms with Crippen LogP contribution in [0.1, 0.15) is 37.9 Å². The number of ether oxygens (including phenoxy) is 1. The minimum Gasteiger partial charge on any atom is -0.446 e. The van der Waals surface area contributed by atoms with Crippen LogP contribution in [0.3, 0.4) is 0 Å². The van der Waals surface area contributed by atoms with Gasteiger partial charge in [-0.15, -0.1) is 27.3 Å². The van der Waals surface area contributed by atoms with Crippen molar-refractivity contribution in [2.75, 3.05) is 31.1 Å². The highest BCUT2D eigenvalue weighted by molar-refractivity contribution is 6.67. The Morgan fingerprint density at radius 1 is 0.950 bits per heavy atom. The molecule has 7 nitrogen and oxygen atoms in total. The molecule has 5 rings (SSSR count). The summed E-state index contributed by atoms with van der Waals surface area (Å²) < 4.78 is 44.3. The Hall–Kier alpha value is -2.56. The van der Waals surface area contributed by atoms with Crippen LogP contribution in [-0.2, 0) is 17.5 Å². The molecule has 15 heteroatoms. The first-order chi connectivity index (χ1) is 18.7. The summed E-state index contributed by atoms with van der Waals surface area (Å²) in [6, 6.07) is -0.464. The summed E-state index contributed by atoms with van der Waals surface area (Å²) >= 11 is 0. The topological polar surface area (TPSA) is 61.8 Å². The molecular formula is C25H25B5F3N5O2. The van der Waals surface area contributed by atoms with E-state index in [1.807, 2.05) is 18.7 Å². The number of benzene rings is 1. The molecule has 40 heavy (non-hydrogen) atoms. The lowest BCUT2D eigenvalue weighted by Gasteiger charge is -2.59. The van der Waals surface area contributed by atoms with E-state index in [1.165, 1.54) is 0 Å². The fourth-order valence-electron chi connectivity index (χ4n) is 6.27. The average Bonchev–Trinajstić information content (AvgIpc) is 2.84. The molecule has 3 heterocycles. The monoisotopic (exact) mass is 539 g/mol. The third-order valence-corrected chi connectivity index (χ3v) is 8.28. The number of carbonyl (C=O) groups is 1. The lowest BCUT2D eigenvalue weighted by atomic mass is 9.59. The van der Waals surface area contributed by atoms with Gasteiger partial charge in [-0.25, -0.2) is 14.8 Å². The van der Waals surface area contributed by atoms with E-state index >= 15 is 0 Å². The van der Waals surface area contributed by atoms with Gasteiger partial charge in [-0.1, -0.05) is 0 Å². The molecule has 1 saturated carbocycles. The number of amides is 1. The van der Waals surface area contributed by atoms with E-state index in [2.05, 4.69) is 14.9 Å². The predicted octanol–water partition coefficient (Wildman–Crippen LogP) is -1.84. The number of aromatic nitrogens is 2. The van der Waals surface area contributed by atoms with Gasteiger partial charge < -0.3 is 9.64 Å². The van der Waals surface area contributed by atoms with E-state index in [9.17, 15) is 18.0 Å². The molecule has 0 N–H and O–H groups in total. The van der Waals surface area contributed by atoms with Crippen LogP contribution in [0, 0.1) is 5.41 Å². The summed E-state index contributed by atoms with van der Waals surface area (Å²) in [6.07, 6.45) is -1.75. The highest BCUT2D eigenvalue weighted by Crippen LogP contribution is 2.50. The second-order valence-electron chi connectivity index (χ2n) is 11.4. The molecule has 1 aromatic heterocycles. The minimum absolute atomic E-state index is 0.0799. The van der Waals surface area contributed by atoms with Crippen molar-refractivity contribution in [3.05, 3.63) is 23.7 Å². The van der Waals surface area contributed by atoms with Crippen molar-refractivity contribution in [1.82, 2.24) is 19.8 Å². The molecule has 0 unspecified atom stereocenters. The Morgan fingerprint density at radius 3 is 2.00 bits per heavy atom. The zero-order valence-corrected chi connectivity index (χ0v) is 22.4. The number of piperazine rings is 1. The van der Waals surface area contributed by atoms with E-state index in [0.717, 1.165) is 38.3 Å². The molecule has 2 atom stereocenters. The Balaban J connectivity index is 1.11. The van der Waals surface area contributed by atoms with Gasteiger partial charge in [0.2, 0.25) is 0 Å². The SMILES string of the molecule is [B]c1c([B])c([B])c(CN2CC3(CC(OC(=O)N4[C@H](C)CN(c5cnc(C(F)(F)F)cn5)C[C@@H]4C)C3)C2)c([B])c1[B]. The molecule has 3 fully saturated rings. The van der Waals surface area contributed by atoms with Gasteiger partial charge in [-0.2, -0.15) is 13.2 Å². The fourth-order valence-corrected chi connectivity index (χ4v) is 6.27. The van der Waals surface area contributed by atoms with Crippen molar-refractivity contribution in [2.24, 2.45) is 5.41 Å². The van der Waals surface area contributed by atoms with Gasteiger partial charge in [-0.3, -0.25) is 9.80 Å². The number of hydrogen-bond acceptors (Lipinski definition) is 6. The number of alkyl halides is 3. The van der Waals surface area contributed by atoms with Crippen LogP contribution in [0.2, 0.25) is 0 Å². The average molecular weight is 539 g/mol. The number of nitrogens with zero attached hydrogens (tertiary/aromatic N) is 5. The molecule has 3 aliphatic rings. The number of carbonyl (C=O) groups excluding carboxylic acids is 1. The summed E-state index contributed by atoms with van der Waals surface area (Å²) in [7, 11) is 30.1. The maximum Gasteiger partial charge on any atom is 0.434 e. The molecule has 1 amide bonds. The van der Waals surface area contributed by atoms with Crippen LogP contribution in [0.25, 0.3) is 0 Å². The van der Waals surface area contributed by atoms with Crippen molar-refractivity contribution < 1.29 is 22.7 Å². The van der Waals surface area contributed by atoms with E-state index in [-0.39, 0.29) is 46.1 Å². The van der Waals surface area contributed by atoms with Gasteiger partial charge in [0.25, 0.3) is 0 Å². The molecule has 10 radical (unpaired) electrons. The number of likely N-dealkylation sites (tertiary alicyclic amines) is 1. The predicted molar refractivity (Wildman–Crippen MR) is 151 cm³/mol. The summed E-state index contributed by atoms with van der Waals surface area (Å²) in [4.78, 5) is 26.2. The van der Waals surface area contributed by atoms with Crippen LogP contribution < -0.4 is 32.2 Å². The van der Waals surface area contributed by atoms with Gasteiger partial charge in [0.05, 0.1) is 24.5 Å². The summed E-state index contributed by atoms with van der Waals surface area (Å²) in [5.74, 6) is 0.336. The fraction of sp³-hybridized carbons (Fsp3) is 0.560. The number of hydrogen-bond donors (Lipinski definition) is 0. The Morgan fingerprint density at radius 2 is 1.50 bits per heavy atom. The van der Waals surface area contributed by atoms with E-state index in [4.69, 9.17) is 44.0 Å². The molecule has 1 aliphatic carbocycles. The third kappa shape index (κ3) is 5.26. The second-order valence-corrected chi connectivity index (χ2v) is 11.4. The Bertz CT molecular complexity index is 1260. The molecule has 198 valence electrons. The van der Waals surface area contributed by atoms with Gasteiger partial charge in [0.15, 0.2) is 5.69 Å². The molecule has 2 aromatic rings. The standard InChI is InChI=1S/C25H25B5F3N5O2/c1-12-7-37(17-6-34-16(5-35-17)25(31,32)33)8-13(2)38(12)23(39)40-14-3-24(4-14)10-36(11-24)9-15-18(26)20(28)22(30)21(29)19(15)27/h5-6,12-14H,3-4,7-11H2,1-2H3/t12-,13+. The lowest BCUT2D eigenvalue weighted by molar-refractivity contribution is -0.141. The normalized spacial score (nSPS) is 23.1. The molecule has 1 spiro atoms. The van der Waals surface area contributed by atoms with Crippen LogP contribution in [0.5, 0.6) is 0 Å². The Labute approximate surface area is 238 Å². The Kier molecular flexibility index (Phi) is 7.51. The van der Waals surface area contributed by atoms with Gasteiger partial charge in [0, 0.05) is 38.1 Å². The van der Waals surface area contributed by atoms with Crippen molar-refractivity contribution in [2.45, 2.75) is 57.6 Å². The molecule has 0 bridgehead atoms. The third-order valence-electron chi connectivity index (χ3n) is 8.28. The first kappa shape index (κ1) is 29.0. The maximum atomic E-state index is 13.1. The minimum atomic E-state index is -4.55. The number of anilines is 1. The quantitative estimate of drug-likeness (QED) is 0.427. The summed E-state index contributed by atoms with van der Waals surface area (Å²) in [5.41, 5.74) is 1.08.